The maximum atomic E-state index is 12.3. The van der Waals surface area contributed by atoms with Gasteiger partial charge in [0.2, 0.25) is 0 Å². The minimum absolute atomic E-state index is 0.127. The molecule has 1 aliphatic carbocycles. The molecule has 2 rings (SSSR count). The highest BCUT2D eigenvalue weighted by atomic mass is 16.4. The number of hydrogen-bond acceptors (Lipinski definition) is 2. The van der Waals surface area contributed by atoms with Gasteiger partial charge in [0, 0.05) is 13.1 Å². The van der Waals surface area contributed by atoms with Gasteiger partial charge in [-0.15, -0.1) is 0 Å². The molecule has 1 aromatic carbocycles. The van der Waals surface area contributed by atoms with Crippen molar-refractivity contribution in [1.29, 1.82) is 0 Å². The normalized spacial score (nSPS) is 20.0. The molecule has 1 fully saturated rings. The number of benzene rings is 1. The number of aromatic carboxylic acids is 1. The van der Waals surface area contributed by atoms with E-state index in [0.717, 1.165) is 19.3 Å². The second kappa shape index (κ2) is 5.76. The van der Waals surface area contributed by atoms with Crippen LogP contribution in [0.15, 0.2) is 24.3 Å². The zero-order valence-corrected chi connectivity index (χ0v) is 12.7. The van der Waals surface area contributed by atoms with Gasteiger partial charge in [-0.05, 0) is 36.8 Å². The van der Waals surface area contributed by atoms with Crippen LogP contribution in [-0.2, 0) is 0 Å². The number of hydrogen-bond donors (Lipinski definition) is 2. The van der Waals surface area contributed by atoms with Crippen molar-refractivity contribution in [2.75, 3.05) is 11.9 Å². The predicted octanol–water partition coefficient (Wildman–Crippen LogP) is 3.11. The SMILES string of the molecule is CN(C(=O)NC1CCC(C)(C)C1)c1ccccc1C(=O)O. The fourth-order valence-electron chi connectivity index (χ4n) is 2.89. The molecule has 0 radical (unpaired) electrons. The van der Waals surface area contributed by atoms with E-state index in [1.165, 1.54) is 11.0 Å². The van der Waals surface area contributed by atoms with E-state index >= 15 is 0 Å². The standard InChI is InChI=1S/C16H22N2O3/c1-16(2)9-8-11(10-16)17-15(21)18(3)13-7-5-4-6-12(13)14(19)20/h4-7,11H,8-10H2,1-3H3,(H,17,21)(H,19,20). The lowest BCUT2D eigenvalue weighted by Crippen LogP contribution is -2.43. The minimum atomic E-state index is -1.03. The third-order valence-electron chi connectivity index (χ3n) is 4.10. The van der Waals surface area contributed by atoms with Crippen molar-refractivity contribution in [3.63, 3.8) is 0 Å². The zero-order valence-electron chi connectivity index (χ0n) is 12.7. The van der Waals surface area contributed by atoms with Gasteiger partial charge in [-0.25, -0.2) is 9.59 Å². The highest BCUT2D eigenvalue weighted by Gasteiger charge is 2.32. The molecule has 1 unspecified atom stereocenters. The van der Waals surface area contributed by atoms with Gasteiger partial charge in [-0.3, -0.25) is 4.90 Å². The van der Waals surface area contributed by atoms with Gasteiger partial charge in [0.15, 0.2) is 0 Å². The molecule has 1 aliphatic rings. The Balaban J connectivity index is 2.08. The monoisotopic (exact) mass is 290 g/mol. The number of anilines is 1. The Kier molecular flexibility index (Phi) is 4.21. The predicted molar refractivity (Wildman–Crippen MR) is 81.8 cm³/mol. The molecule has 0 aromatic heterocycles. The molecule has 0 bridgehead atoms. The smallest absolute Gasteiger partial charge is 0.337 e. The highest BCUT2D eigenvalue weighted by molar-refractivity contribution is 6.01. The molecule has 1 atom stereocenters. The van der Waals surface area contributed by atoms with Crippen molar-refractivity contribution in [2.45, 2.75) is 39.2 Å². The van der Waals surface area contributed by atoms with Crippen LogP contribution in [0.4, 0.5) is 10.5 Å². The van der Waals surface area contributed by atoms with Crippen molar-refractivity contribution in [3.8, 4) is 0 Å². The molecule has 5 nitrogen and oxygen atoms in total. The Hall–Kier alpha value is -2.04. The van der Waals surface area contributed by atoms with Crippen LogP contribution < -0.4 is 10.2 Å². The molecule has 0 spiro atoms. The Labute approximate surface area is 125 Å². The lowest BCUT2D eigenvalue weighted by Gasteiger charge is -2.23. The molecule has 2 N–H and O–H groups in total. The molecule has 21 heavy (non-hydrogen) atoms. The Morgan fingerprint density at radius 1 is 1.33 bits per heavy atom. The minimum Gasteiger partial charge on any atom is -0.478 e. The maximum absolute atomic E-state index is 12.3. The van der Waals surface area contributed by atoms with Crippen LogP contribution in [0.1, 0.15) is 43.5 Å². The van der Waals surface area contributed by atoms with Crippen molar-refractivity contribution in [1.82, 2.24) is 5.32 Å². The summed E-state index contributed by atoms with van der Waals surface area (Å²) in [5.41, 5.74) is 0.789. The quantitative estimate of drug-likeness (QED) is 0.898. The fourth-order valence-corrected chi connectivity index (χ4v) is 2.89. The topological polar surface area (TPSA) is 69.6 Å². The maximum Gasteiger partial charge on any atom is 0.337 e. The van der Waals surface area contributed by atoms with Crippen molar-refractivity contribution < 1.29 is 14.7 Å². The summed E-state index contributed by atoms with van der Waals surface area (Å²) in [5.74, 6) is -1.03. The molecule has 114 valence electrons. The zero-order chi connectivity index (χ0) is 15.6. The number of carbonyl (C=O) groups is 2. The lowest BCUT2D eigenvalue weighted by molar-refractivity contribution is 0.0697. The summed E-state index contributed by atoms with van der Waals surface area (Å²) < 4.78 is 0. The van der Waals surface area contributed by atoms with Crippen molar-refractivity contribution >= 4 is 17.7 Å². The van der Waals surface area contributed by atoms with Gasteiger partial charge >= 0.3 is 12.0 Å². The summed E-state index contributed by atoms with van der Waals surface area (Å²) in [4.78, 5) is 24.9. The fraction of sp³-hybridized carbons (Fsp3) is 0.500. The molecule has 1 aromatic rings. The third kappa shape index (κ3) is 3.54. The van der Waals surface area contributed by atoms with E-state index in [9.17, 15) is 14.7 Å². The third-order valence-corrected chi connectivity index (χ3v) is 4.10. The number of urea groups is 1. The number of nitrogens with zero attached hydrogens (tertiary/aromatic N) is 1. The first kappa shape index (κ1) is 15.4. The molecule has 0 heterocycles. The number of rotatable bonds is 3. The average Bonchev–Trinajstić information content (AvgIpc) is 2.76. The van der Waals surface area contributed by atoms with Crippen LogP contribution in [0.3, 0.4) is 0 Å². The van der Waals surface area contributed by atoms with E-state index in [0.29, 0.717) is 5.69 Å². The van der Waals surface area contributed by atoms with Gasteiger partial charge < -0.3 is 10.4 Å². The van der Waals surface area contributed by atoms with Gasteiger partial charge in [-0.1, -0.05) is 26.0 Å². The summed E-state index contributed by atoms with van der Waals surface area (Å²) in [6, 6.07) is 6.42. The molecular weight excluding hydrogens is 268 g/mol. The highest BCUT2D eigenvalue weighted by Crippen LogP contribution is 2.37. The van der Waals surface area contributed by atoms with Crippen LogP contribution in [0.5, 0.6) is 0 Å². The van der Waals surface area contributed by atoms with E-state index in [4.69, 9.17) is 0 Å². The second-order valence-corrected chi connectivity index (χ2v) is 6.43. The molecular formula is C16H22N2O3. The number of para-hydroxylation sites is 1. The number of carboxylic acids is 1. The Morgan fingerprint density at radius 3 is 2.57 bits per heavy atom. The summed E-state index contributed by atoms with van der Waals surface area (Å²) in [7, 11) is 1.59. The molecule has 5 heteroatoms. The first-order chi connectivity index (χ1) is 9.80. The largest absolute Gasteiger partial charge is 0.478 e. The Bertz CT molecular complexity index is 554. The molecule has 0 saturated heterocycles. The summed E-state index contributed by atoms with van der Waals surface area (Å²) >= 11 is 0. The van der Waals surface area contributed by atoms with E-state index in [2.05, 4.69) is 19.2 Å². The number of carboxylic acid groups (broad SMARTS) is 1. The summed E-state index contributed by atoms with van der Waals surface area (Å²) in [6.07, 6.45) is 3.01. The van der Waals surface area contributed by atoms with Gasteiger partial charge in [0.1, 0.15) is 0 Å². The van der Waals surface area contributed by atoms with Crippen LogP contribution in [0.25, 0.3) is 0 Å². The van der Waals surface area contributed by atoms with Crippen LogP contribution in [0.2, 0.25) is 0 Å². The van der Waals surface area contributed by atoms with Gasteiger partial charge in [0.05, 0.1) is 11.3 Å². The van der Waals surface area contributed by atoms with Crippen molar-refractivity contribution in [3.05, 3.63) is 29.8 Å². The molecule has 0 aliphatic heterocycles. The number of nitrogens with one attached hydrogen (secondary N) is 1. The first-order valence-corrected chi connectivity index (χ1v) is 7.17. The number of amides is 2. The van der Waals surface area contributed by atoms with E-state index in [1.54, 1.807) is 25.2 Å². The van der Waals surface area contributed by atoms with Gasteiger partial charge in [-0.2, -0.15) is 0 Å². The van der Waals surface area contributed by atoms with E-state index in [-0.39, 0.29) is 23.1 Å². The molecule has 2 amide bonds. The van der Waals surface area contributed by atoms with E-state index in [1.807, 2.05) is 0 Å². The van der Waals surface area contributed by atoms with Crippen molar-refractivity contribution in [2.24, 2.45) is 5.41 Å². The van der Waals surface area contributed by atoms with E-state index < -0.39 is 5.97 Å². The second-order valence-electron chi connectivity index (χ2n) is 6.43. The van der Waals surface area contributed by atoms with Gasteiger partial charge in [0.25, 0.3) is 0 Å². The number of carbonyl (C=O) groups excluding carboxylic acids is 1. The van der Waals surface area contributed by atoms with Crippen LogP contribution in [0, 0.1) is 5.41 Å². The average molecular weight is 290 g/mol. The Morgan fingerprint density at radius 2 is 2.00 bits per heavy atom. The lowest BCUT2D eigenvalue weighted by atomic mass is 9.92. The first-order valence-electron chi connectivity index (χ1n) is 7.17. The van der Waals surface area contributed by atoms with Crippen LogP contribution in [-0.4, -0.2) is 30.2 Å². The van der Waals surface area contributed by atoms with Crippen LogP contribution >= 0.6 is 0 Å². The molecule has 1 saturated carbocycles. The summed E-state index contributed by atoms with van der Waals surface area (Å²) in [5, 5.41) is 12.2. The summed E-state index contributed by atoms with van der Waals surface area (Å²) in [6.45, 7) is 4.39.